The Morgan fingerprint density at radius 2 is 2.12 bits per heavy atom. The van der Waals surface area contributed by atoms with Crippen molar-refractivity contribution in [3.8, 4) is 0 Å². The molecule has 0 spiro atoms. The van der Waals surface area contributed by atoms with E-state index in [-0.39, 0.29) is 18.8 Å². The largest absolute Gasteiger partial charge is 0.418 e. The Morgan fingerprint density at radius 1 is 1.38 bits per heavy atom. The Morgan fingerprint density at radius 3 is 2.75 bits per heavy atom. The minimum absolute atomic E-state index is 0.0152. The number of halogens is 3. The molecule has 1 aromatic rings. The molecule has 0 bridgehead atoms. The molecule has 90 valence electrons. The molecule has 6 heteroatoms. The fraction of sp³-hybridized carbons (Fsp3) is 0.500. The molecule has 0 aromatic carbocycles. The summed E-state index contributed by atoms with van der Waals surface area (Å²) in [6, 6.07) is 2.27. The number of hydrogen-bond donors (Lipinski definition) is 2. The van der Waals surface area contributed by atoms with Crippen molar-refractivity contribution in [2.24, 2.45) is 0 Å². The maximum Gasteiger partial charge on any atom is 0.418 e. The van der Waals surface area contributed by atoms with E-state index in [0.717, 1.165) is 6.07 Å². The average molecular weight is 234 g/mol. The van der Waals surface area contributed by atoms with E-state index in [1.54, 1.807) is 0 Å². The second-order valence-corrected chi connectivity index (χ2v) is 3.25. The molecule has 0 radical (unpaired) electrons. The number of aliphatic hydroxyl groups excluding tert-OH is 1. The average Bonchev–Trinajstić information content (AvgIpc) is 2.24. The maximum absolute atomic E-state index is 12.5. The van der Waals surface area contributed by atoms with Crippen molar-refractivity contribution < 1.29 is 18.3 Å². The van der Waals surface area contributed by atoms with Gasteiger partial charge in [-0.2, -0.15) is 13.2 Å². The van der Waals surface area contributed by atoms with Crippen molar-refractivity contribution in [1.29, 1.82) is 0 Å². The van der Waals surface area contributed by atoms with Crippen molar-refractivity contribution in [2.45, 2.75) is 19.1 Å². The van der Waals surface area contributed by atoms with E-state index in [1.807, 2.05) is 0 Å². The van der Waals surface area contributed by atoms with E-state index < -0.39 is 11.7 Å². The number of aromatic nitrogens is 1. The molecule has 16 heavy (non-hydrogen) atoms. The molecule has 0 amide bonds. The number of nitrogens with one attached hydrogen (secondary N) is 1. The lowest BCUT2D eigenvalue weighted by atomic mass is 10.2. The van der Waals surface area contributed by atoms with Crippen LogP contribution in [-0.2, 0) is 12.7 Å². The standard InChI is InChI=1S/C10H13F3N2O/c11-10(12,13)8-3-1-5-15-9(8)7-14-4-2-6-16/h1,3,5,14,16H,2,4,6-7H2. The highest BCUT2D eigenvalue weighted by Gasteiger charge is 2.33. The van der Waals surface area contributed by atoms with E-state index in [2.05, 4.69) is 10.3 Å². The second kappa shape index (κ2) is 5.81. The summed E-state index contributed by atoms with van der Waals surface area (Å²) < 4.78 is 37.5. The van der Waals surface area contributed by atoms with Gasteiger partial charge >= 0.3 is 6.18 Å². The number of nitrogens with zero attached hydrogens (tertiary/aromatic N) is 1. The van der Waals surface area contributed by atoms with Crippen LogP contribution in [0.2, 0.25) is 0 Å². The fourth-order valence-electron chi connectivity index (χ4n) is 1.25. The zero-order valence-corrected chi connectivity index (χ0v) is 8.59. The Balaban J connectivity index is 2.65. The zero-order chi connectivity index (χ0) is 12.0. The summed E-state index contributed by atoms with van der Waals surface area (Å²) in [4.78, 5) is 3.70. The van der Waals surface area contributed by atoms with Crippen molar-refractivity contribution >= 4 is 0 Å². The fourth-order valence-corrected chi connectivity index (χ4v) is 1.25. The van der Waals surface area contributed by atoms with Crippen LogP contribution in [0.25, 0.3) is 0 Å². The SMILES string of the molecule is OCCCNCc1ncccc1C(F)(F)F. The summed E-state index contributed by atoms with van der Waals surface area (Å²) in [6.07, 6.45) is -2.53. The molecule has 1 rings (SSSR count). The summed E-state index contributed by atoms with van der Waals surface area (Å²) >= 11 is 0. The highest BCUT2D eigenvalue weighted by Crippen LogP contribution is 2.30. The van der Waals surface area contributed by atoms with Crippen LogP contribution >= 0.6 is 0 Å². The Labute approximate surface area is 91.3 Å². The highest BCUT2D eigenvalue weighted by molar-refractivity contribution is 5.22. The van der Waals surface area contributed by atoms with Gasteiger partial charge in [-0.1, -0.05) is 0 Å². The van der Waals surface area contributed by atoms with Gasteiger partial charge in [-0.25, -0.2) is 0 Å². The van der Waals surface area contributed by atoms with E-state index in [4.69, 9.17) is 5.11 Å². The molecule has 0 saturated carbocycles. The summed E-state index contributed by atoms with van der Waals surface area (Å²) in [7, 11) is 0. The smallest absolute Gasteiger partial charge is 0.396 e. The van der Waals surface area contributed by atoms with Gasteiger partial charge in [-0.3, -0.25) is 4.98 Å². The molecule has 2 N–H and O–H groups in total. The molecule has 0 unspecified atom stereocenters. The van der Waals surface area contributed by atoms with E-state index >= 15 is 0 Å². The lowest BCUT2D eigenvalue weighted by Gasteiger charge is -2.11. The van der Waals surface area contributed by atoms with Crippen molar-refractivity contribution in [1.82, 2.24) is 10.3 Å². The van der Waals surface area contributed by atoms with Gasteiger partial charge in [0.05, 0.1) is 11.3 Å². The Bertz CT molecular complexity index is 328. The molecule has 0 atom stereocenters. The molecule has 0 aliphatic carbocycles. The van der Waals surface area contributed by atoms with Gasteiger partial charge in [0.25, 0.3) is 0 Å². The molecule has 0 saturated heterocycles. The first-order chi connectivity index (χ1) is 7.55. The lowest BCUT2D eigenvalue weighted by molar-refractivity contribution is -0.138. The van der Waals surface area contributed by atoms with Crippen LogP contribution in [0, 0.1) is 0 Å². The molecule has 3 nitrogen and oxygen atoms in total. The van der Waals surface area contributed by atoms with Crippen LogP contribution in [0.3, 0.4) is 0 Å². The number of rotatable bonds is 5. The van der Waals surface area contributed by atoms with Crippen molar-refractivity contribution in [3.05, 3.63) is 29.6 Å². The van der Waals surface area contributed by atoms with Crippen molar-refractivity contribution in [2.75, 3.05) is 13.2 Å². The quantitative estimate of drug-likeness (QED) is 0.760. The topological polar surface area (TPSA) is 45.1 Å². The maximum atomic E-state index is 12.5. The van der Waals surface area contributed by atoms with Gasteiger partial charge in [0.1, 0.15) is 0 Å². The summed E-state index contributed by atoms with van der Waals surface area (Å²) in [5.41, 5.74) is -0.737. The second-order valence-electron chi connectivity index (χ2n) is 3.25. The van der Waals surface area contributed by atoms with Crippen LogP contribution in [0.1, 0.15) is 17.7 Å². The molecule has 1 aromatic heterocycles. The zero-order valence-electron chi connectivity index (χ0n) is 8.59. The summed E-state index contributed by atoms with van der Waals surface area (Å²) in [5, 5.41) is 11.3. The third kappa shape index (κ3) is 3.79. The number of pyridine rings is 1. The summed E-state index contributed by atoms with van der Waals surface area (Å²) in [6.45, 7) is 0.529. The normalized spacial score (nSPS) is 11.8. The van der Waals surface area contributed by atoms with Crippen LogP contribution < -0.4 is 5.32 Å². The molecule has 0 fully saturated rings. The van der Waals surface area contributed by atoms with E-state index in [1.165, 1.54) is 12.3 Å². The molecular formula is C10H13F3N2O. The van der Waals surface area contributed by atoms with Gasteiger partial charge in [-0.15, -0.1) is 0 Å². The predicted octanol–water partition coefficient (Wildman–Crippen LogP) is 1.57. The summed E-state index contributed by atoms with van der Waals surface area (Å²) in [5.74, 6) is 0. The third-order valence-electron chi connectivity index (χ3n) is 2.00. The van der Waals surface area contributed by atoms with E-state index in [9.17, 15) is 13.2 Å². The predicted molar refractivity (Wildman–Crippen MR) is 52.6 cm³/mol. The number of alkyl halides is 3. The molecule has 0 aliphatic rings. The molecule has 0 aliphatic heterocycles. The third-order valence-corrected chi connectivity index (χ3v) is 2.00. The minimum atomic E-state index is -4.37. The highest BCUT2D eigenvalue weighted by atomic mass is 19.4. The van der Waals surface area contributed by atoms with Gasteiger partial charge in [0.2, 0.25) is 0 Å². The lowest BCUT2D eigenvalue weighted by Crippen LogP contribution is -2.20. The van der Waals surface area contributed by atoms with Gasteiger partial charge in [-0.05, 0) is 25.1 Å². The Kier molecular flexibility index (Phi) is 4.70. The minimum Gasteiger partial charge on any atom is -0.396 e. The van der Waals surface area contributed by atoms with Gasteiger partial charge in [0.15, 0.2) is 0 Å². The van der Waals surface area contributed by atoms with E-state index in [0.29, 0.717) is 13.0 Å². The number of hydrogen-bond acceptors (Lipinski definition) is 3. The van der Waals surface area contributed by atoms with Crippen molar-refractivity contribution in [3.63, 3.8) is 0 Å². The van der Waals surface area contributed by atoms with Crippen LogP contribution in [0.15, 0.2) is 18.3 Å². The van der Waals surface area contributed by atoms with Gasteiger partial charge < -0.3 is 10.4 Å². The monoisotopic (exact) mass is 234 g/mol. The van der Waals surface area contributed by atoms with Crippen LogP contribution in [0.4, 0.5) is 13.2 Å². The first kappa shape index (κ1) is 12.9. The Hall–Kier alpha value is -1.14. The first-order valence-corrected chi connectivity index (χ1v) is 4.88. The van der Waals surface area contributed by atoms with Crippen LogP contribution in [-0.4, -0.2) is 23.2 Å². The first-order valence-electron chi connectivity index (χ1n) is 4.88. The van der Waals surface area contributed by atoms with Gasteiger partial charge in [0, 0.05) is 19.3 Å². The van der Waals surface area contributed by atoms with Crippen LogP contribution in [0.5, 0.6) is 0 Å². The molecular weight excluding hydrogens is 221 g/mol. The molecule has 1 heterocycles. The number of aliphatic hydroxyl groups is 1.